The van der Waals surface area contributed by atoms with Crippen LogP contribution >= 0.6 is 11.3 Å². The Kier molecular flexibility index (Phi) is 6.06. The van der Waals surface area contributed by atoms with Gasteiger partial charge in [-0.2, -0.15) is 0 Å². The molecule has 2 N–H and O–H groups in total. The van der Waals surface area contributed by atoms with E-state index in [-0.39, 0.29) is 5.25 Å². The number of pyridine rings is 1. The van der Waals surface area contributed by atoms with Gasteiger partial charge >= 0.3 is 0 Å². The molecule has 1 aliphatic rings. The zero-order chi connectivity index (χ0) is 21.9. The third-order valence-corrected chi connectivity index (χ3v) is 8.27. The molecule has 1 aliphatic carbocycles. The topological polar surface area (TPSA) is 101 Å². The van der Waals surface area contributed by atoms with Crippen LogP contribution in [0.5, 0.6) is 0 Å². The predicted molar refractivity (Wildman–Crippen MR) is 124 cm³/mol. The zero-order valence-electron chi connectivity index (χ0n) is 17.1. The van der Waals surface area contributed by atoms with E-state index in [1.54, 1.807) is 11.6 Å². The normalized spacial score (nSPS) is 15.8. The summed E-state index contributed by atoms with van der Waals surface area (Å²) in [7, 11) is -3.38. The van der Waals surface area contributed by atoms with Gasteiger partial charge in [0.15, 0.2) is 5.13 Å². The van der Waals surface area contributed by atoms with Crippen molar-refractivity contribution in [2.45, 2.75) is 36.9 Å². The van der Waals surface area contributed by atoms with E-state index in [0.29, 0.717) is 36.6 Å². The van der Waals surface area contributed by atoms with Crippen LogP contribution in [0.4, 0.5) is 10.8 Å². The summed E-state index contributed by atoms with van der Waals surface area (Å²) in [5, 5.41) is 5.08. The number of benzene rings is 1. The number of anilines is 2. The van der Waals surface area contributed by atoms with Crippen molar-refractivity contribution in [2.75, 3.05) is 16.6 Å². The number of hydrogen-bond acceptors (Lipinski definition) is 7. The smallest absolute Gasteiger partial charge is 0.237 e. The van der Waals surface area contributed by atoms with Crippen LogP contribution in [0.25, 0.3) is 11.1 Å². The Morgan fingerprint density at radius 1 is 1.19 bits per heavy atom. The van der Waals surface area contributed by atoms with E-state index in [1.165, 1.54) is 11.3 Å². The van der Waals surface area contributed by atoms with Gasteiger partial charge in [-0.3, -0.25) is 9.71 Å². The first-order valence-corrected chi connectivity index (χ1v) is 12.6. The fourth-order valence-electron chi connectivity index (χ4n) is 3.29. The van der Waals surface area contributed by atoms with Crippen molar-refractivity contribution in [3.05, 3.63) is 59.9 Å². The molecular formula is C22H24N4O3S2. The highest BCUT2D eigenvalue weighted by Gasteiger charge is 2.37. The molecule has 0 saturated heterocycles. The largest absolute Gasteiger partial charge is 0.384 e. The van der Waals surface area contributed by atoms with E-state index in [0.717, 1.165) is 23.1 Å². The predicted octanol–water partition coefficient (Wildman–Crippen LogP) is 4.07. The van der Waals surface area contributed by atoms with E-state index in [1.807, 2.05) is 49.5 Å². The summed E-state index contributed by atoms with van der Waals surface area (Å²) < 4.78 is 26.9. The molecule has 162 valence electrons. The maximum Gasteiger partial charge on any atom is 0.237 e. The summed E-state index contributed by atoms with van der Waals surface area (Å²) in [6.45, 7) is 2.28. The fraction of sp³-hybridized carbons (Fsp3) is 0.318. The third kappa shape index (κ3) is 4.77. The van der Waals surface area contributed by atoms with Gasteiger partial charge in [-0.15, -0.1) is 11.3 Å². The number of nitrogens with zero attached hydrogens (tertiary/aromatic N) is 2. The number of carbonyl (C=O) groups is 1. The van der Waals surface area contributed by atoms with Crippen LogP contribution in [0.15, 0.2) is 54.2 Å². The summed E-state index contributed by atoms with van der Waals surface area (Å²) >= 11 is 1.21. The summed E-state index contributed by atoms with van der Waals surface area (Å²) in [5.41, 5.74) is 2.71. The van der Waals surface area contributed by atoms with Crippen LogP contribution in [0.2, 0.25) is 0 Å². The molecule has 1 unspecified atom stereocenters. The van der Waals surface area contributed by atoms with Gasteiger partial charge in [-0.05, 0) is 48.6 Å². The fourth-order valence-corrected chi connectivity index (χ4v) is 5.70. The van der Waals surface area contributed by atoms with Crippen molar-refractivity contribution in [3.8, 4) is 11.1 Å². The van der Waals surface area contributed by atoms with Crippen molar-refractivity contribution in [1.82, 2.24) is 9.97 Å². The minimum atomic E-state index is -3.38. The van der Waals surface area contributed by atoms with E-state index >= 15 is 0 Å². The number of nitrogens with one attached hydrogen (secondary N) is 2. The molecule has 1 aromatic carbocycles. The molecule has 1 saturated carbocycles. The average Bonchev–Trinajstić information content (AvgIpc) is 3.57. The molecule has 0 aliphatic heterocycles. The number of carbonyl (C=O) groups excluding carboxylic acids is 1. The number of sulfonamides is 1. The monoisotopic (exact) mass is 456 g/mol. The standard InChI is InChI=1S/C22H24N4O3S2/c1-2-22(15-27,20-13-30-21(25-20)26-31(28,29)19-9-10-19)14-24-18-7-5-16(6-8-18)17-4-3-11-23-12-17/h3-8,11-13,15,19,24H,2,9-10,14H2,1H3,(H,25,26). The minimum absolute atomic E-state index is 0.308. The molecule has 2 heterocycles. The highest BCUT2D eigenvalue weighted by molar-refractivity contribution is 7.93. The second-order valence-corrected chi connectivity index (χ2v) is 10.5. The molecule has 1 atom stereocenters. The molecule has 4 rings (SSSR count). The first-order chi connectivity index (χ1) is 15.0. The molecule has 3 aromatic rings. The first-order valence-electron chi connectivity index (χ1n) is 10.1. The molecule has 31 heavy (non-hydrogen) atoms. The lowest BCUT2D eigenvalue weighted by molar-refractivity contribution is -0.112. The van der Waals surface area contributed by atoms with Gasteiger partial charge in [-0.1, -0.05) is 25.1 Å². The van der Waals surface area contributed by atoms with Crippen LogP contribution < -0.4 is 10.0 Å². The quantitative estimate of drug-likeness (QED) is 0.446. The highest BCUT2D eigenvalue weighted by atomic mass is 32.2. The van der Waals surface area contributed by atoms with Gasteiger partial charge in [0.1, 0.15) is 6.29 Å². The Balaban J connectivity index is 1.47. The van der Waals surface area contributed by atoms with Gasteiger partial charge in [0.25, 0.3) is 0 Å². The van der Waals surface area contributed by atoms with Gasteiger partial charge in [0.05, 0.1) is 16.4 Å². The van der Waals surface area contributed by atoms with Gasteiger partial charge in [-0.25, -0.2) is 13.4 Å². The van der Waals surface area contributed by atoms with Crippen molar-refractivity contribution in [1.29, 1.82) is 0 Å². The molecule has 0 bridgehead atoms. The first kappa shape index (κ1) is 21.5. The molecule has 0 radical (unpaired) electrons. The molecule has 0 spiro atoms. The molecule has 9 heteroatoms. The number of aldehydes is 1. The lowest BCUT2D eigenvalue weighted by atomic mass is 9.83. The van der Waals surface area contributed by atoms with E-state index < -0.39 is 15.4 Å². The Hall–Kier alpha value is -2.78. The molecule has 7 nitrogen and oxygen atoms in total. The van der Waals surface area contributed by atoms with Gasteiger partial charge < -0.3 is 10.1 Å². The molecular weight excluding hydrogens is 432 g/mol. The summed E-state index contributed by atoms with van der Waals surface area (Å²) in [5.74, 6) is 0. The van der Waals surface area contributed by atoms with Crippen LogP contribution in [0.1, 0.15) is 31.9 Å². The number of hydrogen-bond donors (Lipinski definition) is 2. The van der Waals surface area contributed by atoms with E-state index in [2.05, 4.69) is 20.0 Å². The second-order valence-electron chi connectivity index (χ2n) is 7.68. The maximum absolute atomic E-state index is 12.2. The van der Waals surface area contributed by atoms with Crippen molar-refractivity contribution in [2.24, 2.45) is 0 Å². The maximum atomic E-state index is 12.2. The average molecular weight is 457 g/mol. The van der Waals surface area contributed by atoms with Gasteiger partial charge in [0.2, 0.25) is 10.0 Å². The van der Waals surface area contributed by atoms with Crippen LogP contribution in [0, 0.1) is 0 Å². The lowest BCUT2D eigenvalue weighted by Gasteiger charge is -2.25. The third-order valence-electron chi connectivity index (χ3n) is 5.55. The second kappa shape index (κ2) is 8.76. The Labute approximate surface area is 186 Å². The Bertz CT molecular complexity index is 1140. The highest BCUT2D eigenvalue weighted by Crippen LogP contribution is 2.33. The molecule has 1 fully saturated rings. The van der Waals surface area contributed by atoms with Crippen molar-refractivity contribution in [3.63, 3.8) is 0 Å². The number of aromatic nitrogens is 2. The number of thiazole rings is 1. The SMILES string of the molecule is CCC(C=O)(CNc1ccc(-c2cccnc2)cc1)c1csc(NS(=O)(=O)C2CC2)n1. The Morgan fingerprint density at radius 2 is 1.97 bits per heavy atom. The van der Waals surface area contributed by atoms with E-state index in [9.17, 15) is 13.2 Å². The van der Waals surface area contributed by atoms with Crippen LogP contribution in [-0.2, 0) is 20.2 Å². The van der Waals surface area contributed by atoms with Crippen molar-refractivity contribution < 1.29 is 13.2 Å². The van der Waals surface area contributed by atoms with Crippen LogP contribution in [-0.4, -0.2) is 36.5 Å². The van der Waals surface area contributed by atoms with E-state index in [4.69, 9.17) is 0 Å². The molecule has 2 aromatic heterocycles. The minimum Gasteiger partial charge on any atom is -0.384 e. The lowest BCUT2D eigenvalue weighted by Crippen LogP contribution is -2.36. The Morgan fingerprint density at radius 3 is 2.58 bits per heavy atom. The van der Waals surface area contributed by atoms with Crippen LogP contribution in [0.3, 0.4) is 0 Å². The summed E-state index contributed by atoms with van der Waals surface area (Å²) in [6, 6.07) is 11.8. The molecule has 0 amide bonds. The van der Waals surface area contributed by atoms with Gasteiger partial charge in [0, 0.05) is 30.0 Å². The zero-order valence-corrected chi connectivity index (χ0v) is 18.7. The summed E-state index contributed by atoms with van der Waals surface area (Å²) in [4.78, 5) is 20.7. The summed E-state index contributed by atoms with van der Waals surface area (Å²) in [6.07, 6.45) is 6.36. The number of rotatable bonds is 10. The van der Waals surface area contributed by atoms with Crippen molar-refractivity contribution >= 4 is 38.5 Å².